The predicted molar refractivity (Wildman–Crippen MR) is 102 cm³/mol. The van der Waals surface area contributed by atoms with E-state index in [0.29, 0.717) is 18.1 Å². The van der Waals surface area contributed by atoms with Crippen molar-refractivity contribution in [2.75, 3.05) is 17.2 Å². The van der Waals surface area contributed by atoms with Crippen molar-refractivity contribution in [2.45, 2.75) is 13.5 Å². The van der Waals surface area contributed by atoms with Gasteiger partial charge in [-0.15, -0.1) is 0 Å². The number of nitrogens with one attached hydrogen (secondary N) is 3. The van der Waals surface area contributed by atoms with Crippen molar-refractivity contribution >= 4 is 23.4 Å². The first-order valence-electron chi connectivity index (χ1n) is 8.43. The van der Waals surface area contributed by atoms with Gasteiger partial charge in [0.1, 0.15) is 0 Å². The average Bonchev–Trinajstić information content (AvgIpc) is 3.07. The Bertz CT molecular complexity index is 923. The number of nitrogens with zero attached hydrogens (tertiary/aromatic N) is 3. The molecule has 3 rings (SSSR count). The Hall–Kier alpha value is -3.68. The lowest BCUT2D eigenvalue weighted by Crippen LogP contribution is -2.35. The molecule has 0 fully saturated rings. The smallest absolute Gasteiger partial charge is 0.319 e. The van der Waals surface area contributed by atoms with E-state index in [4.69, 9.17) is 0 Å². The van der Waals surface area contributed by atoms with E-state index in [1.807, 2.05) is 43.3 Å². The van der Waals surface area contributed by atoms with Crippen LogP contribution in [0.1, 0.15) is 11.3 Å². The number of amides is 3. The van der Waals surface area contributed by atoms with Crippen LogP contribution in [0, 0.1) is 6.92 Å². The number of hydrogen-bond acceptors (Lipinski definition) is 4. The SMILES string of the molecule is Cc1cccc(NC(=O)NCC(=O)Nc2ccn(Cc3ccccn3)n2)c1. The molecule has 2 heterocycles. The highest BCUT2D eigenvalue weighted by atomic mass is 16.2. The molecule has 0 spiro atoms. The van der Waals surface area contributed by atoms with Crippen molar-refractivity contribution < 1.29 is 9.59 Å². The maximum absolute atomic E-state index is 12.0. The lowest BCUT2D eigenvalue weighted by atomic mass is 10.2. The van der Waals surface area contributed by atoms with E-state index in [0.717, 1.165) is 11.3 Å². The lowest BCUT2D eigenvalue weighted by molar-refractivity contribution is -0.115. The number of hydrogen-bond donors (Lipinski definition) is 3. The second-order valence-corrected chi connectivity index (χ2v) is 5.94. The monoisotopic (exact) mass is 364 g/mol. The molecule has 1 aromatic carbocycles. The molecule has 8 nitrogen and oxygen atoms in total. The summed E-state index contributed by atoms with van der Waals surface area (Å²) in [5.41, 5.74) is 2.57. The van der Waals surface area contributed by atoms with Crippen molar-refractivity contribution in [3.63, 3.8) is 0 Å². The molecule has 0 bridgehead atoms. The zero-order valence-corrected chi connectivity index (χ0v) is 14.8. The summed E-state index contributed by atoms with van der Waals surface area (Å²) in [4.78, 5) is 28.1. The van der Waals surface area contributed by atoms with Crippen molar-refractivity contribution in [2.24, 2.45) is 0 Å². The average molecular weight is 364 g/mol. The summed E-state index contributed by atoms with van der Waals surface area (Å²) in [7, 11) is 0. The second-order valence-electron chi connectivity index (χ2n) is 5.94. The van der Waals surface area contributed by atoms with Gasteiger partial charge in [-0.2, -0.15) is 5.10 Å². The van der Waals surface area contributed by atoms with Crippen LogP contribution in [-0.2, 0) is 11.3 Å². The Morgan fingerprint density at radius 1 is 1.07 bits per heavy atom. The fourth-order valence-electron chi connectivity index (χ4n) is 2.42. The Morgan fingerprint density at radius 2 is 1.96 bits per heavy atom. The van der Waals surface area contributed by atoms with Gasteiger partial charge in [-0.1, -0.05) is 18.2 Å². The zero-order chi connectivity index (χ0) is 19.1. The molecule has 3 amide bonds. The van der Waals surface area contributed by atoms with Crippen molar-refractivity contribution in [1.82, 2.24) is 20.1 Å². The first-order valence-corrected chi connectivity index (χ1v) is 8.43. The van der Waals surface area contributed by atoms with Crippen LogP contribution in [0.15, 0.2) is 60.9 Å². The van der Waals surface area contributed by atoms with Crippen LogP contribution in [0.25, 0.3) is 0 Å². The number of carbonyl (C=O) groups is 2. The Balaban J connectivity index is 1.44. The number of carbonyl (C=O) groups excluding carboxylic acids is 2. The van der Waals surface area contributed by atoms with Crippen LogP contribution in [0.2, 0.25) is 0 Å². The van der Waals surface area contributed by atoms with Gasteiger partial charge in [0.25, 0.3) is 0 Å². The number of pyridine rings is 1. The molecule has 0 saturated carbocycles. The Labute approximate surface area is 156 Å². The number of aryl methyl sites for hydroxylation is 1. The molecule has 0 aliphatic carbocycles. The zero-order valence-electron chi connectivity index (χ0n) is 14.8. The van der Waals surface area contributed by atoms with Gasteiger partial charge in [0.2, 0.25) is 5.91 Å². The minimum atomic E-state index is -0.448. The number of urea groups is 1. The first-order chi connectivity index (χ1) is 13.1. The summed E-state index contributed by atoms with van der Waals surface area (Å²) < 4.78 is 1.68. The minimum absolute atomic E-state index is 0.162. The molecule has 0 atom stereocenters. The quantitative estimate of drug-likeness (QED) is 0.625. The van der Waals surface area contributed by atoms with Crippen LogP contribution in [0.5, 0.6) is 0 Å². The summed E-state index contributed by atoms with van der Waals surface area (Å²) in [5, 5.41) is 12.1. The fourth-order valence-corrected chi connectivity index (χ4v) is 2.42. The molecule has 0 aliphatic heterocycles. The van der Waals surface area contributed by atoms with E-state index in [2.05, 4.69) is 26.0 Å². The summed E-state index contributed by atoms with van der Waals surface area (Å²) in [5.74, 6) is 0.0503. The molecule has 2 aromatic heterocycles. The normalized spacial score (nSPS) is 10.3. The molecule has 3 aromatic rings. The van der Waals surface area contributed by atoms with Gasteiger partial charge in [0.15, 0.2) is 5.82 Å². The van der Waals surface area contributed by atoms with Gasteiger partial charge in [0, 0.05) is 24.1 Å². The molecule has 0 aliphatic rings. The predicted octanol–water partition coefficient (Wildman–Crippen LogP) is 2.40. The molecule has 138 valence electrons. The van der Waals surface area contributed by atoms with Gasteiger partial charge >= 0.3 is 6.03 Å². The van der Waals surface area contributed by atoms with Crippen LogP contribution in [0.3, 0.4) is 0 Å². The molecule has 0 radical (unpaired) electrons. The maximum Gasteiger partial charge on any atom is 0.319 e. The Morgan fingerprint density at radius 3 is 2.74 bits per heavy atom. The number of benzene rings is 1. The molecule has 27 heavy (non-hydrogen) atoms. The highest BCUT2D eigenvalue weighted by Gasteiger charge is 2.08. The Kier molecular flexibility index (Phi) is 5.78. The maximum atomic E-state index is 12.0. The van der Waals surface area contributed by atoms with E-state index in [-0.39, 0.29) is 12.5 Å². The number of anilines is 2. The van der Waals surface area contributed by atoms with Crippen LogP contribution < -0.4 is 16.0 Å². The van der Waals surface area contributed by atoms with Gasteiger partial charge in [-0.05, 0) is 36.8 Å². The molecule has 0 unspecified atom stereocenters. The minimum Gasteiger partial charge on any atom is -0.329 e. The van der Waals surface area contributed by atoms with Gasteiger partial charge in [-0.25, -0.2) is 4.79 Å². The molecule has 0 saturated heterocycles. The van der Waals surface area contributed by atoms with Crippen LogP contribution >= 0.6 is 0 Å². The van der Waals surface area contributed by atoms with Gasteiger partial charge < -0.3 is 16.0 Å². The van der Waals surface area contributed by atoms with E-state index >= 15 is 0 Å². The van der Waals surface area contributed by atoms with E-state index in [9.17, 15) is 9.59 Å². The third-order valence-corrected chi connectivity index (χ3v) is 3.64. The van der Waals surface area contributed by atoms with Crippen molar-refractivity contribution in [1.29, 1.82) is 0 Å². The van der Waals surface area contributed by atoms with E-state index in [1.54, 1.807) is 29.2 Å². The first kappa shape index (κ1) is 18.1. The van der Waals surface area contributed by atoms with E-state index < -0.39 is 6.03 Å². The molecular weight excluding hydrogens is 344 g/mol. The molecular formula is C19H20N6O2. The van der Waals surface area contributed by atoms with Gasteiger partial charge in [-0.3, -0.25) is 14.5 Å². The second kappa shape index (κ2) is 8.61. The largest absolute Gasteiger partial charge is 0.329 e. The highest BCUT2D eigenvalue weighted by molar-refractivity contribution is 5.96. The standard InChI is InChI=1S/C19H20N6O2/c1-14-5-4-7-15(11-14)22-19(27)21-12-18(26)23-17-8-10-25(24-17)13-16-6-2-3-9-20-16/h2-11H,12-13H2,1H3,(H2,21,22,27)(H,23,24,26). The third-order valence-electron chi connectivity index (χ3n) is 3.64. The van der Waals surface area contributed by atoms with Crippen molar-refractivity contribution in [3.8, 4) is 0 Å². The summed E-state index contributed by atoms with van der Waals surface area (Å²) in [6, 6.07) is 14.3. The summed E-state index contributed by atoms with van der Waals surface area (Å²) >= 11 is 0. The van der Waals surface area contributed by atoms with E-state index in [1.165, 1.54) is 0 Å². The molecule has 8 heteroatoms. The summed E-state index contributed by atoms with van der Waals surface area (Å²) in [6.07, 6.45) is 3.47. The van der Waals surface area contributed by atoms with Crippen molar-refractivity contribution in [3.05, 3.63) is 72.2 Å². The van der Waals surface area contributed by atoms with Crippen LogP contribution in [0.4, 0.5) is 16.3 Å². The van der Waals surface area contributed by atoms with Gasteiger partial charge in [0.05, 0.1) is 18.8 Å². The fraction of sp³-hybridized carbons (Fsp3) is 0.158. The lowest BCUT2D eigenvalue weighted by Gasteiger charge is -2.08. The molecule has 3 N–H and O–H groups in total. The number of rotatable bonds is 6. The number of aromatic nitrogens is 3. The van der Waals surface area contributed by atoms with Crippen LogP contribution in [-0.4, -0.2) is 33.2 Å². The topological polar surface area (TPSA) is 101 Å². The third kappa shape index (κ3) is 5.67. The highest BCUT2D eigenvalue weighted by Crippen LogP contribution is 2.09. The summed E-state index contributed by atoms with van der Waals surface area (Å²) in [6.45, 7) is 2.28.